The van der Waals surface area contributed by atoms with Crippen LogP contribution in [0.4, 0.5) is 5.69 Å². The third-order valence-corrected chi connectivity index (χ3v) is 1.89. The summed E-state index contributed by atoms with van der Waals surface area (Å²) in [5, 5.41) is 11.4. The molecule has 1 aromatic rings. The summed E-state index contributed by atoms with van der Waals surface area (Å²) in [5.41, 5.74) is 6.34. The van der Waals surface area contributed by atoms with Gasteiger partial charge in [0.15, 0.2) is 0 Å². The van der Waals surface area contributed by atoms with E-state index in [0.717, 1.165) is 0 Å². The average molecular weight is 217 g/mol. The number of nitrogens with one attached hydrogen (secondary N) is 1. The van der Waals surface area contributed by atoms with Crippen molar-refractivity contribution in [3.63, 3.8) is 0 Å². The zero-order valence-corrected chi connectivity index (χ0v) is 9.45. The number of benzene rings is 1. The van der Waals surface area contributed by atoms with Gasteiger partial charge in [0.05, 0.1) is 11.6 Å². The molecule has 1 rings (SSSR count). The molecule has 84 valence electrons. The Morgan fingerprint density at radius 3 is 2.81 bits per heavy atom. The van der Waals surface area contributed by atoms with Gasteiger partial charge in [0.2, 0.25) is 5.91 Å². The Labute approximate surface area is 95.1 Å². The van der Waals surface area contributed by atoms with Crippen molar-refractivity contribution in [1.82, 2.24) is 0 Å². The fraction of sp³-hybridized carbons (Fsp3) is 0.333. The molecule has 0 aliphatic rings. The SMILES string of the molecule is CC(C)(N)CC(=O)Nc1cccc(C#N)c1. The van der Waals surface area contributed by atoms with Crippen molar-refractivity contribution in [3.05, 3.63) is 29.8 Å². The van der Waals surface area contributed by atoms with Crippen molar-refractivity contribution in [2.45, 2.75) is 25.8 Å². The first-order valence-electron chi connectivity index (χ1n) is 4.99. The molecule has 1 aromatic carbocycles. The summed E-state index contributed by atoms with van der Waals surface area (Å²) < 4.78 is 0. The molecule has 1 amide bonds. The summed E-state index contributed by atoms with van der Waals surface area (Å²) in [6.07, 6.45) is 0.240. The predicted octanol–water partition coefficient (Wildman–Crippen LogP) is 1.62. The molecule has 0 bridgehead atoms. The summed E-state index contributed by atoms with van der Waals surface area (Å²) in [6, 6.07) is 8.78. The van der Waals surface area contributed by atoms with Crippen LogP contribution in [0, 0.1) is 11.3 Å². The van der Waals surface area contributed by atoms with Crippen LogP contribution in [0.3, 0.4) is 0 Å². The maximum atomic E-state index is 11.6. The number of nitriles is 1. The minimum absolute atomic E-state index is 0.150. The highest BCUT2D eigenvalue weighted by atomic mass is 16.1. The van der Waals surface area contributed by atoms with E-state index in [9.17, 15) is 4.79 Å². The van der Waals surface area contributed by atoms with Crippen LogP contribution in [0.5, 0.6) is 0 Å². The molecule has 0 aromatic heterocycles. The van der Waals surface area contributed by atoms with Gasteiger partial charge in [-0.3, -0.25) is 4.79 Å². The number of rotatable bonds is 3. The third-order valence-electron chi connectivity index (χ3n) is 1.89. The third kappa shape index (κ3) is 4.11. The normalized spacial score (nSPS) is 10.6. The monoisotopic (exact) mass is 217 g/mol. The van der Waals surface area contributed by atoms with Gasteiger partial charge >= 0.3 is 0 Å². The van der Waals surface area contributed by atoms with Crippen molar-refractivity contribution in [3.8, 4) is 6.07 Å². The Morgan fingerprint density at radius 2 is 2.25 bits per heavy atom. The highest BCUT2D eigenvalue weighted by molar-refractivity contribution is 5.91. The smallest absolute Gasteiger partial charge is 0.226 e. The lowest BCUT2D eigenvalue weighted by molar-refractivity contribution is -0.117. The molecule has 4 heteroatoms. The minimum atomic E-state index is -0.531. The standard InChI is InChI=1S/C12H15N3O/c1-12(2,14)7-11(16)15-10-5-3-4-9(6-10)8-13/h3-6H,7,14H2,1-2H3,(H,15,16). The lowest BCUT2D eigenvalue weighted by atomic mass is 10.0. The van der Waals surface area contributed by atoms with E-state index in [1.165, 1.54) is 0 Å². The second kappa shape index (κ2) is 4.77. The molecule has 0 aliphatic carbocycles. The maximum Gasteiger partial charge on any atom is 0.226 e. The summed E-state index contributed by atoms with van der Waals surface area (Å²) in [7, 11) is 0. The molecule has 0 saturated carbocycles. The van der Waals surface area contributed by atoms with E-state index < -0.39 is 5.54 Å². The number of hydrogen-bond donors (Lipinski definition) is 2. The van der Waals surface area contributed by atoms with Crippen LogP contribution in [0.1, 0.15) is 25.8 Å². The van der Waals surface area contributed by atoms with E-state index in [1.807, 2.05) is 6.07 Å². The zero-order chi connectivity index (χ0) is 12.2. The van der Waals surface area contributed by atoms with Crippen molar-refractivity contribution in [2.75, 3.05) is 5.32 Å². The molecular weight excluding hydrogens is 202 g/mol. The van der Waals surface area contributed by atoms with E-state index in [1.54, 1.807) is 38.1 Å². The number of carbonyl (C=O) groups excluding carboxylic acids is 1. The van der Waals surface area contributed by atoms with E-state index in [2.05, 4.69) is 5.32 Å². The fourth-order valence-corrected chi connectivity index (χ4v) is 1.29. The first-order chi connectivity index (χ1) is 7.40. The number of nitrogens with two attached hydrogens (primary N) is 1. The second-order valence-electron chi connectivity index (χ2n) is 4.41. The Morgan fingerprint density at radius 1 is 1.56 bits per heavy atom. The molecule has 0 radical (unpaired) electrons. The predicted molar refractivity (Wildman–Crippen MR) is 62.7 cm³/mol. The highest BCUT2D eigenvalue weighted by Gasteiger charge is 2.16. The Kier molecular flexibility index (Phi) is 3.64. The highest BCUT2D eigenvalue weighted by Crippen LogP contribution is 2.12. The van der Waals surface area contributed by atoms with E-state index in [4.69, 9.17) is 11.0 Å². The molecule has 0 unspecified atom stereocenters. The average Bonchev–Trinajstić information content (AvgIpc) is 2.15. The topological polar surface area (TPSA) is 78.9 Å². The largest absolute Gasteiger partial charge is 0.326 e. The van der Waals surface area contributed by atoms with Gasteiger partial charge in [0, 0.05) is 17.6 Å². The van der Waals surface area contributed by atoms with Crippen molar-refractivity contribution in [2.24, 2.45) is 5.73 Å². The molecule has 0 atom stereocenters. The summed E-state index contributed by atoms with van der Waals surface area (Å²) in [4.78, 5) is 11.6. The molecule has 0 spiro atoms. The molecular formula is C12H15N3O. The molecule has 0 aliphatic heterocycles. The van der Waals surface area contributed by atoms with Crippen LogP contribution < -0.4 is 11.1 Å². The number of hydrogen-bond acceptors (Lipinski definition) is 3. The number of nitrogens with zero attached hydrogens (tertiary/aromatic N) is 1. The van der Waals surface area contributed by atoms with E-state index >= 15 is 0 Å². The van der Waals surface area contributed by atoms with Gasteiger partial charge in [-0.15, -0.1) is 0 Å². The van der Waals surface area contributed by atoms with Crippen LogP contribution in [-0.2, 0) is 4.79 Å². The Bertz CT molecular complexity index is 427. The van der Waals surface area contributed by atoms with Crippen LogP contribution in [0.15, 0.2) is 24.3 Å². The first-order valence-corrected chi connectivity index (χ1v) is 4.99. The molecule has 4 nitrogen and oxygen atoms in total. The van der Waals surface area contributed by atoms with E-state index in [0.29, 0.717) is 11.3 Å². The summed E-state index contributed by atoms with van der Waals surface area (Å²) in [6.45, 7) is 3.58. The molecule has 0 heterocycles. The van der Waals surface area contributed by atoms with Gasteiger partial charge in [-0.25, -0.2) is 0 Å². The van der Waals surface area contributed by atoms with Crippen molar-refractivity contribution in [1.29, 1.82) is 5.26 Å². The fourth-order valence-electron chi connectivity index (χ4n) is 1.29. The van der Waals surface area contributed by atoms with Gasteiger partial charge < -0.3 is 11.1 Å². The molecule has 3 N–H and O–H groups in total. The van der Waals surface area contributed by atoms with Crippen molar-refractivity contribution >= 4 is 11.6 Å². The quantitative estimate of drug-likeness (QED) is 0.807. The molecule has 0 fully saturated rings. The van der Waals surface area contributed by atoms with Gasteiger partial charge in [0.25, 0.3) is 0 Å². The number of anilines is 1. The molecule has 0 saturated heterocycles. The first kappa shape index (κ1) is 12.2. The van der Waals surface area contributed by atoms with Gasteiger partial charge in [-0.05, 0) is 32.0 Å². The minimum Gasteiger partial charge on any atom is -0.326 e. The van der Waals surface area contributed by atoms with Crippen LogP contribution >= 0.6 is 0 Å². The number of carbonyl (C=O) groups is 1. The van der Waals surface area contributed by atoms with E-state index in [-0.39, 0.29) is 12.3 Å². The summed E-state index contributed by atoms with van der Waals surface area (Å²) in [5.74, 6) is -0.150. The second-order valence-corrected chi connectivity index (χ2v) is 4.41. The summed E-state index contributed by atoms with van der Waals surface area (Å²) >= 11 is 0. The zero-order valence-electron chi connectivity index (χ0n) is 9.45. The van der Waals surface area contributed by atoms with Crippen LogP contribution in [0.2, 0.25) is 0 Å². The lowest BCUT2D eigenvalue weighted by Crippen LogP contribution is -2.36. The number of amides is 1. The van der Waals surface area contributed by atoms with Crippen LogP contribution in [-0.4, -0.2) is 11.4 Å². The van der Waals surface area contributed by atoms with Gasteiger partial charge in [-0.1, -0.05) is 6.07 Å². The maximum absolute atomic E-state index is 11.6. The van der Waals surface area contributed by atoms with Gasteiger partial charge in [0.1, 0.15) is 0 Å². The van der Waals surface area contributed by atoms with Crippen LogP contribution in [0.25, 0.3) is 0 Å². The lowest BCUT2D eigenvalue weighted by Gasteiger charge is -2.17. The molecule has 16 heavy (non-hydrogen) atoms. The van der Waals surface area contributed by atoms with Gasteiger partial charge in [-0.2, -0.15) is 5.26 Å². The Hall–Kier alpha value is -1.86. The Balaban J connectivity index is 2.67. The van der Waals surface area contributed by atoms with Crippen molar-refractivity contribution < 1.29 is 4.79 Å².